The standard InChI is InChI=1S/C18H22N2O2/c1-2-6-16(14-7-4-3-5-8-14)20-10-9-19-13-18(22)17(21)11-15(19)12-20/h3-5,7-8,11,13,16,22H,2,6,9-10,12H2,1H3. The Morgan fingerprint density at radius 3 is 2.73 bits per heavy atom. The van der Waals surface area contributed by atoms with Gasteiger partial charge in [0, 0.05) is 37.4 Å². The lowest BCUT2D eigenvalue weighted by Crippen LogP contribution is -2.37. The van der Waals surface area contributed by atoms with Gasteiger partial charge in [0.05, 0.1) is 6.20 Å². The van der Waals surface area contributed by atoms with Crippen molar-refractivity contribution in [2.75, 3.05) is 6.54 Å². The molecule has 0 bridgehead atoms. The van der Waals surface area contributed by atoms with Gasteiger partial charge in [-0.3, -0.25) is 9.69 Å². The number of fused-ring (bicyclic) bond motifs is 1. The molecule has 0 aliphatic carbocycles. The predicted molar refractivity (Wildman–Crippen MR) is 86.9 cm³/mol. The molecule has 2 heterocycles. The largest absolute Gasteiger partial charge is 0.503 e. The smallest absolute Gasteiger partial charge is 0.223 e. The van der Waals surface area contributed by atoms with E-state index < -0.39 is 0 Å². The summed E-state index contributed by atoms with van der Waals surface area (Å²) in [4.78, 5) is 14.1. The second-order valence-electron chi connectivity index (χ2n) is 5.89. The molecule has 4 nitrogen and oxygen atoms in total. The first-order chi connectivity index (χ1) is 10.7. The fraction of sp³-hybridized carbons (Fsp3) is 0.389. The molecule has 0 radical (unpaired) electrons. The molecular weight excluding hydrogens is 276 g/mol. The highest BCUT2D eigenvalue weighted by molar-refractivity contribution is 5.23. The van der Waals surface area contributed by atoms with Crippen LogP contribution in [0.25, 0.3) is 0 Å². The number of nitrogens with zero attached hydrogens (tertiary/aromatic N) is 2. The molecule has 1 aromatic heterocycles. The zero-order valence-corrected chi connectivity index (χ0v) is 12.9. The van der Waals surface area contributed by atoms with Crippen molar-refractivity contribution in [2.24, 2.45) is 0 Å². The first-order valence-corrected chi connectivity index (χ1v) is 7.90. The van der Waals surface area contributed by atoms with Crippen LogP contribution in [0, 0.1) is 0 Å². The quantitative estimate of drug-likeness (QED) is 0.944. The number of hydrogen-bond donors (Lipinski definition) is 1. The van der Waals surface area contributed by atoms with Crippen molar-refractivity contribution in [1.29, 1.82) is 0 Å². The summed E-state index contributed by atoms with van der Waals surface area (Å²) in [5, 5.41) is 9.57. The Kier molecular flexibility index (Phi) is 4.29. The van der Waals surface area contributed by atoms with Crippen LogP contribution < -0.4 is 5.43 Å². The molecule has 3 rings (SSSR count). The molecule has 1 aliphatic heterocycles. The van der Waals surface area contributed by atoms with Crippen molar-refractivity contribution in [1.82, 2.24) is 9.47 Å². The lowest BCUT2D eigenvalue weighted by molar-refractivity contribution is 0.145. The van der Waals surface area contributed by atoms with E-state index in [-0.39, 0.29) is 11.2 Å². The van der Waals surface area contributed by atoms with Gasteiger partial charge in [0.15, 0.2) is 5.75 Å². The van der Waals surface area contributed by atoms with E-state index in [1.54, 1.807) is 12.3 Å². The summed E-state index contributed by atoms with van der Waals surface area (Å²) in [6, 6.07) is 12.5. The van der Waals surface area contributed by atoms with Crippen molar-refractivity contribution in [2.45, 2.75) is 38.9 Å². The summed E-state index contributed by atoms with van der Waals surface area (Å²) < 4.78 is 1.99. The SMILES string of the molecule is CCCC(c1ccccc1)N1CCn2cc(O)c(=O)cc2C1. The first kappa shape index (κ1) is 14.9. The third kappa shape index (κ3) is 2.92. The molecule has 0 spiro atoms. The van der Waals surface area contributed by atoms with Gasteiger partial charge in [-0.1, -0.05) is 43.7 Å². The molecule has 2 aromatic rings. The maximum absolute atomic E-state index is 11.7. The highest BCUT2D eigenvalue weighted by Gasteiger charge is 2.24. The normalized spacial score (nSPS) is 16.2. The number of hydrogen-bond acceptors (Lipinski definition) is 3. The lowest BCUT2D eigenvalue weighted by Gasteiger charge is -2.36. The van der Waals surface area contributed by atoms with Crippen LogP contribution in [0.4, 0.5) is 0 Å². The molecule has 116 valence electrons. The van der Waals surface area contributed by atoms with Crippen LogP contribution in [-0.2, 0) is 13.1 Å². The molecule has 0 amide bonds. The molecule has 1 aliphatic rings. The molecule has 4 heteroatoms. The maximum Gasteiger partial charge on any atom is 0.223 e. The molecule has 0 saturated carbocycles. The summed E-state index contributed by atoms with van der Waals surface area (Å²) in [5.74, 6) is -0.162. The number of pyridine rings is 1. The number of aromatic hydroxyl groups is 1. The van der Waals surface area contributed by atoms with Gasteiger partial charge in [-0.15, -0.1) is 0 Å². The minimum absolute atomic E-state index is 0.162. The second-order valence-corrected chi connectivity index (χ2v) is 5.89. The summed E-state index contributed by atoms with van der Waals surface area (Å²) in [5.41, 5.74) is 2.02. The van der Waals surface area contributed by atoms with Crippen molar-refractivity contribution < 1.29 is 5.11 Å². The molecule has 1 atom stereocenters. The fourth-order valence-electron chi connectivity index (χ4n) is 3.24. The molecule has 1 N–H and O–H groups in total. The zero-order chi connectivity index (χ0) is 15.5. The van der Waals surface area contributed by atoms with E-state index in [9.17, 15) is 9.90 Å². The van der Waals surface area contributed by atoms with Crippen LogP contribution >= 0.6 is 0 Å². The molecule has 1 aromatic carbocycles. The fourth-order valence-corrected chi connectivity index (χ4v) is 3.24. The van der Waals surface area contributed by atoms with Gasteiger partial charge in [-0.25, -0.2) is 0 Å². The van der Waals surface area contributed by atoms with Gasteiger partial charge in [0.25, 0.3) is 0 Å². The van der Waals surface area contributed by atoms with E-state index in [0.717, 1.165) is 38.2 Å². The zero-order valence-electron chi connectivity index (χ0n) is 12.9. The number of benzene rings is 1. The monoisotopic (exact) mass is 298 g/mol. The minimum atomic E-state index is -0.292. The average molecular weight is 298 g/mol. The molecule has 1 unspecified atom stereocenters. The van der Waals surface area contributed by atoms with Crippen molar-refractivity contribution in [3.05, 3.63) is 64.1 Å². The third-order valence-electron chi connectivity index (χ3n) is 4.38. The van der Waals surface area contributed by atoms with E-state index in [1.807, 2.05) is 10.6 Å². The molecule has 0 fully saturated rings. The summed E-state index contributed by atoms with van der Waals surface area (Å²) in [6.07, 6.45) is 3.79. The van der Waals surface area contributed by atoms with Crippen LogP contribution in [0.2, 0.25) is 0 Å². The summed E-state index contributed by atoms with van der Waals surface area (Å²) in [7, 11) is 0. The number of rotatable bonds is 4. The average Bonchev–Trinajstić information content (AvgIpc) is 2.54. The molecule has 0 saturated heterocycles. The van der Waals surface area contributed by atoms with Gasteiger partial charge >= 0.3 is 0 Å². The van der Waals surface area contributed by atoms with E-state index in [4.69, 9.17) is 0 Å². The Morgan fingerprint density at radius 1 is 1.23 bits per heavy atom. The summed E-state index contributed by atoms with van der Waals surface area (Å²) >= 11 is 0. The van der Waals surface area contributed by atoms with Gasteiger partial charge in [-0.05, 0) is 12.0 Å². The van der Waals surface area contributed by atoms with Crippen LogP contribution in [0.5, 0.6) is 5.75 Å². The Bertz CT molecular complexity index is 694. The van der Waals surface area contributed by atoms with Crippen LogP contribution in [0.15, 0.2) is 47.4 Å². The van der Waals surface area contributed by atoms with Gasteiger partial charge in [-0.2, -0.15) is 0 Å². The van der Waals surface area contributed by atoms with Crippen LogP contribution in [0.1, 0.15) is 37.1 Å². The van der Waals surface area contributed by atoms with Gasteiger partial charge in [0.1, 0.15) is 0 Å². The van der Waals surface area contributed by atoms with E-state index >= 15 is 0 Å². The molecular formula is C18H22N2O2. The topological polar surface area (TPSA) is 45.5 Å². The van der Waals surface area contributed by atoms with Crippen molar-refractivity contribution in [3.63, 3.8) is 0 Å². The maximum atomic E-state index is 11.7. The van der Waals surface area contributed by atoms with E-state index in [0.29, 0.717) is 6.04 Å². The minimum Gasteiger partial charge on any atom is -0.503 e. The van der Waals surface area contributed by atoms with Crippen LogP contribution in [-0.4, -0.2) is 21.1 Å². The highest BCUT2D eigenvalue weighted by Crippen LogP contribution is 2.29. The highest BCUT2D eigenvalue weighted by atomic mass is 16.3. The Balaban J connectivity index is 1.88. The van der Waals surface area contributed by atoms with E-state index in [2.05, 4.69) is 36.1 Å². The van der Waals surface area contributed by atoms with Gasteiger partial charge in [0.2, 0.25) is 5.43 Å². The van der Waals surface area contributed by atoms with Gasteiger partial charge < -0.3 is 9.67 Å². The van der Waals surface area contributed by atoms with Crippen molar-refractivity contribution in [3.8, 4) is 5.75 Å². The summed E-state index contributed by atoms with van der Waals surface area (Å²) in [6.45, 7) is 4.68. The molecule has 22 heavy (non-hydrogen) atoms. The second kappa shape index (κ2) is 6.36. The van der Waals surface area contributed by atoms with Crippen LogP contribution in [0.3, 0.4) is 0 Å². The first-order valence-electron chi connectivity index (χ1n) is 7.90. The van der Waals surface area contributed by atoms with E-state index in [1.165, 1.54) is 5.56 Å². The Morgan fingerprint density at radius 2 is 2.00 bits per heavy atom. The number of aromatic nitrogens is 1. The Labute approximate surface area is 130 Å². The predicted octanol–water partition coefficient (Wildman–Crippen LogP) is 2.91. The van der Waals surface area contributed by atoms with Crippen molar-refractivity contribution >= 4 is 0 Å². The lowest BCUT2D eigenvalue weighted by atomic mass is 9.99. The Hall–Kier alpha value is -2.07. The third-order valence-corrected chi connectivity index (χ3v) is 4.38.